The number of aryl methyl sites for hydroxylation is 2. The van der Waals surface area contributed by atoms with E-state index in [0.717, 1.165) is 11.1 Å². The Morgan fingerprint density at radius 1 is 0.968 bits per heavy atom. The predicted molar refractivity (Wildman–Crippen MR) is 115 cm³/mol. The van der Waals surface area contributed by atoms with Gasteiger partial charge in [-0.1, -0.05) is 29.8 Å². The van der Waals surface area contributed by atoms with Crippen LogP contribution in [0.2, 0.25) is 5.02 Å². The highest BCUT2D eigenvalue weighted by molar-refractivity contribution is 6.32. The Bertz CT molecular complexity index is 1160. The van der Waals surface area contributed by atoms with Crippen molar-refractivity contribution in [2.75, 3.05) is 6.61 Å². The zero-order chi connectivity index (χ0) is 22.5. The standard InChI is InChI=1S/C23H18ClNO6/c1-14-6-7-17(12-15(14)2)21(26)13-30-23(27)16-8-10-18(11-9-16)31-22-19(24)4-3-5-20(22)25(28)29/h3-12H,13H2,1-2H3. The quantitative estimate of drug-likeness (QED) is 0.203. The molecule has 3 aromatic rings. The highest BCUT2D eigenvalue weighted by Crippen LogP contribution is 2.37. The predicted octanol–water partition coefficient (Wildman–Crippen LogP) is 5.70. The summed E-state index contributed by atoms with van der Waals surface area (Å²) < 4.78 is 10.6. The Morgan fingerprint density at radius 2 is 1.65 bits per heavy atom. The molecular weight excluding hydrogens is 422 g/mol. The molecule has 0 atom stereocenters. The van der Waals surface area contributed by atoms with Gasteiger partial charge >= 0.3 is 11.7 Å². The molecule has 0 aromatic heterocycles. The number of nitrogens with zero attached hydrogens (tertiary/aromatic N) is 1. The zero-order valence-electron chi connectivity index (χ0n) is 16.8. The van der Waals surface area contributed by atoms with Crippen LogP contribution in [0.5, 0.6) is 11.5 Å². The van der Waals surface area contributed by atoms with Crippen molar-refractivity contribution >= 4 is 29.0 Å². The summed E-state index contributed by atoms with van der Waals surface area (Å²) in [5.41, 5.74) is 2.44. The molecule has 3 aromatic carbocycles. The van der Waals surface area contributed by atoms with Crippen LogP contribution >= 0.6 is 11.6 Å². The molecule has 158 valence electrons. The third kappa shape index (κ3) is 5.26. The average Bonchev–Trinajstić information content (AvgIpc) is 2.75. The minimum absolute atomic E-state index is 0.0857. The summed E-state index contributed by atoms with van der Waals surface area (Å²) in [4.78, 5) is 35.1. The number of carbonyl (C=O) groups is 2. The monoisotopic (exact) mass is 439 g/mol. The number of para-hydroxylation sites is 1. The van der Waals surface area contributed by atoms with Gasteiger partial charge in [0.15, 0.2) is 12.4 Å². The zero-order valence-corrected chi connectivity index (χ0v) is 17.5. The average molecular weight is 440 g/mol. The number of esters is 1. The largest absolute Gasteiger partial charge is 0.454 e. The third-order valence-corrected chi connectivity index (χ3v) is 4.91. The van der Waals surface area contributed by atoms with E-state index in [9.17, 15) is 19.7 Å². The summed E-state index contributed by atoms with van der Waals surface area (Å²) in [6.07, 6.45) is 0. The lowest BCUT2D eigenvalue weighted by Crippen LogP contribution is -2.14. The van der Waals surface area contributed by atoms with Gasteiger partial charge in [0.25, 0.3) is 0 Å². The molecule has 0 bridgehead atoms. The summed E-state index contributed by atoms with van der Waals surface area (Å²) in [6, 6.07) is 15.3. The molecule has 0 radical (unpaired) electrons. The van der Waals surface area contributed by atoms with Crippen LogP contribution in [0.3, 0.4) is 0 Å². The molecule has 0 saturated carbocycles. The minimum atomic E-state index is -0.674. The normalized spacial score (nSPS) is 10.4. The van der Waals surface area contributed by atoms with Gasteiger partial charge in [0.1, 0.15) is 5.75 Å². The number of carbonyl (C=O) groups excluding carboxylic acids is 2. The molecule has 0 aliphatic carbocycles. The molecule has 3 rings (SSSR count). The van der Waals surface area contributed by atoms with Gasteiger partial charge in [-0.3, -0.25) is 14.9 Å². The summed E-state index contributed by atoms with van der Waals surface area (Å²) >= 11 is 6.01. The highest BCUT2D eigenvalue weighted by atomic mass is 35.5. The molecular formula is C23H18ClNO6. The van der Waals surface area contributed by atoms with Crippen LogP contribution in [-0.2, 0) is 4.74 Å². The van der Waals surface area contributed by atoms with Gasteiger partial charge in [-0.2, -0.15) is 0 Å². The van der Waals surface area contributed by atoms with E-state index in [1.807, 2.05) is 19.9 Å². The fourth-order valence-electron chi connectivity index (χ4n) is 2.73. The summed E-state index contributed by atoms with van der Waals surface area (Å²) in [5.74, 6) is -0.822. The lowest BCUT2D eigenvalue weighted by atomic mass is 10.0. The molecule has 0 amide bonds. The van der Waals surface area contributed by atoms with Gasteiger partial charge in [0, 0.05) is 11.6 Å². The first kappa shape index (κ1) is 22.0. The smallest absolute Gasteiger partial charge is 0.338 e. The lowest BCUT2D eigenvalue weighted by molar-refractivity contribution is -0.385. The van der Waals surface area contributed by atoms with Crippen molar-refractivity contribution in [2.24, 2.45) is 0 Å². The SMILES string of the molecule is Cc1ccc(C(=O)COC(=O)c2ccc(Oc3c(Cl)cccc3[N+](=O)[O-])cc2)cc1C. The van der Waals surface area contributed by atoms with Crippen molar-refractivity contribution in [3.05, 3.63) is 98.1 Å². The fraction of sp³-hybridized carbons (Fsp3) is 0.130. The van der Waals surface area contributed by atoms with E-state index in [2.05, 4.69) is 0 Å². The first-order chi connectivity index (χ1) is 14.8. The maximum atomic E-state index is 12.3. The number of benzene rings is 3. The van der Waals surface area contributed by atoms with Gasteiger partial charge < -0.3 is 9.47 Å². The molecule has 0 heterocycles. The number of rotatable bonds is 7. The molecule has 7 nitrogen and oxygen atoms in total. The van der Waals surface area contributed by atoms with Crippen molar-refractivity contribution in [3.63, 3.8) is 0 Å². The van der Waals surface area contributed by atoms with Crippen molar-refractivity contribution in [1.82, 2.24) is 0 Å². The van der Waals surface area contributed by atoms with Gasteiger partial charge in [-0.25, -0.2) is 4.79 Å². The Kier molecular flexibility index (Phi) is 6.67. The lowest BCUT2D eigenvalue weighted by Gasteiger charge is -2.09. The minimum Gasteiger partial charge on any atom is -0.454 e. The van der Waals surface area contributed by atoms with Crippen LogP contribution in [0.4, 0.5) is 5.69 Å². The Balaban J connectivity index is 1.65. The van der Waals surface area contributed by atoms with Gasteiger partial charge in [0.05, 0.1) is 15.5 Å². The molecule has 0 unspecified atom stereocenters. The van der Waals surface area contributed by atoms with Crippen LogP contribution < -0.4 is 4.74 Å². The van der Waals surface area contributed by atoms with Crippen LogP contribution in [-0.4, -0.2) is 23.3 Å². The second kappa shape index (κ2) is 9.40. The maximum Gasteiger partial charge on any atom is 0.338 e. The van der Waals surface area contributed by atoms with Crippen molar-refractivity contribution in [1.29, 1.82) is 0 Å². The van der Waals surface area contributed by atoms with Gasteiger partial charge in [-0.15, -0.1) is 0 Å². The molecule has 0 N–H and O–H groups in total. The third-order valence-electron chi connectivity index (χ3n) is 4.62. The maximum absolute atomic E-state index is 12.3. The number of hydrogen-bond acceptors (Lipinski definition) is 6. The fourth-order valence-corrected chi connectivity index (χ4v) is 2.94. The van der Waals surface area contributed by atoms with Gasteiger partial charge in [0.2, 0.25) is 5.75 Å². The highest BCUT2D eigenvalue weighted by Gasteiger charge is 2.19. The molecule has 0 aliphatic heterocycles. The Labute approximate surface area is 183 Å². The van der Waals surface area contributed by atoms with Crippen LogP contribution in [0.1, 0.15) is 31.8 Å². The van der Waals surface area contributed by atoms with E-state index in [1.165, 1.54) is 42.5 Å². The number of ether oxygens (including phenoxy) is 2. The number of hydrogen-bond donors (Lipinski definition) is 0. The number of halogens is 1. The van der Waals surface area contributed by atoms with E-state index in [-0.39, 0.29) is 40.2 Å². The van der Waals surface area contributed by atoms with Crippen LogP contribution in [0.15, 0.2) is 60.7 Å². The van der Waals surface area contributed by atoms with Crippen molar-refractivity contribution in [3.8, 4) is 11.5 Å². The number of nitro groups is 1. The molecule has 0 spiro atoms. The molecule has 8 heteroatoms. The first-order valence-electron chi connectivity index (χ1n) is 9.24. The molecule has 31 heavy (non-hydrogen) atoms. The number of nitro benzene ring substituents is 1. The van der Waals surface area contributed by atoms with Crippen molar-refractivity contribution in [2.45, 2.75) is 13.8 Å². The van der Waals surface area contributed by atoms with E-state index >= 15 is 0 Å². The Morgan fingerprint density at radius 3 is 2.29 bits per heavy atom. The summed E-state index contributed by atoms with van der Waals surface area (Å²) in [7, 11) is 0. The molecule has 0 aliphatic rings. The van der Waals surface area contributed by atoms with Crippen LogP contribution in [0, 0.1) is 24.0 Å². The van der Waals surface area contributed by atoms with E-state index in [0.29, 0.717) is 5.56 Å². The molecule has 0 saturated heterocycles. The number of ketones is 1. The van der Waals surface area contributed by atoms with E-state index < -0.39 is 10.9 Å². The van der Waals surface area contributed by atoms with E-state index in [1.54, 1.807) is 12.1 Å². The number of Topliss-reactive ketones (excluding diaryl/α,β-unsaturated/α-hetero) is 1. The summed E-state index contributed by atoms with van der Waals surface area (Å²) in [6.45, 7) is 3.46. The second-order valence-electron chi connectivity index (χ2n) is 6.77. The van der Waals surface area contributed by atoms with Crippen molar-refractivity contribution < 1.29 is 24.0 Å². The second-order valence-corrected chi connectivity index (χ2v) is 7.18. The Hall–Kier alpha value is -3.71. The summed E-state index contributed by atoms with van der Waals surface area (Å²) in [5, 5.41) is 11.2. The van der Waals surface area contributed by atoms with Gasteiger partial charge in [-0.05, 0) is 61.4 Å². The van der Waals surface area contributed by atoms with E-state index in [4.69, 9.17) is 21.1 Å². The first-order valence-corrected chi connectivity index (χ1v) is 9.62. The van der Waals surface area contributed by atoms with Crippen LogP contribution in [0.25, 0.3) is 0 Å². The molecule has 0 fully saturated rings. The topological polar surface area (TPSA) is 95.7 Å².